The topological polar surface area (TPSA) is 17.1 Å². The van der Waals surface area contributed by atoms with Gasteiger partial charge in [-0.1, -0.05) is 12.6 Å². The highest BCUT2D eigenvalue weighted by molar-refractivity contribution is 8.20. The number of carbonyl (C=O) groups is 1. The molecule has 0 aromatic carbocycles. The fourth-order valence-electron chi connectivity index (χ4n) is 0. The molecule has 1 nitrogen and oxygen atoms in total. The highest BCUT2D eigenvalue weighted by Gasteiger charge is 1.75. The Bertz CT molecular complexity index is 60.7. The van der Waals surface area contributed by atoms with Gasteiger partial charge in [0.15, 0.2) is 0 Å². The molecule has 0 aromatic rings. The van der Waals surface area contributed by atoms with E-state index in [1.165, 1.54) is 0 Å². The van der Waals surface area contributed by atoms with Crippen LogP contribution in [0.25, 0.3) is 0 Å². The first-order valence-electron chi connectivity index (χ1n) is 0.834. The number of carbonyl (C=O) groups excluding carboxylic acids is 1. The molecule has 4 heteroatoms. The van der Waals surface area contributed by atoms with Crippen molar-refractivity contribution < 1.29 is 4.79 Å². The maximum Gasteiger partial charge on any atom is 0.245 e. The minimum absolute atomic E-state index is 0.264. The third-order valence-electron chi connectivity index (χ3n) is 0.0781. The fourth-order valence-corrected chi connectivity index (χ4v) is 0. The lowest BCUT2D eigenvalue weighted by Gasteiger charge is -1.58. The molecule has 0 aliphatic heterocycles. The average Bonchev–Trinajstić information content (AvgIpc) is 1.38. The number of rotatable bonds is 1. The molecule has 0 aliphatic carbocycles. The van der Waals surface area contributed by atoms with Crippen LogP contribution in [0.2, 0.25) is 0 Å². The predicted octanol–water partition coefficient (Wildman–Crippen LogP) is 1.44. The van der Waals surface area contributed by atoms with Gasteiger partial charge in [-0.2, -0.15) is 0 Å². The second-order valence-electron chi connectivity index (χ2n) is 0.374. The van der Waals surface area contributed by atoms with Crippen LogP contribution in [-0.2, 0) is 11.8 Å². The molecule has 0 N–H and O–H groups in total. The third-order valence-corrected chi connectivity index (χ3v) is 1.44. The van der Waals surface area contributed by atoms with Crippen LogP contribution in [-0.4, -0.2) is 4.86 Å². The summed E-state index contributed by atoms with van der Waals surface area (Å²) in [5, 5.41) is 0. The van der Waals surface area contributed by atoms with Crippen LogP contribution in [0.3, 0.4) is 0 Å². The molecule has 0 radical (unpaired) electrons. The van der Waals surface area contributed by atoms with E-state index in [-0.39, 0.29) is 4.86 Å². The van der Waals surface area contributed by atoms with Crippen molar-refractivity contribution in [1.29, 1.82) is 0 Å². The van der Waals surface area contributed by atoms with Gasteiger partial charge in [-0.05, 0) is 11.8 Å². The fraction of sp³-hybridized carbons (Fsp3) is 0. The normalized spacial score (nSPS) is 8.20. The summed E-state index contributed by atoms with van der Waals surface area (Å²) in [6.45, 7) is 0. The van der Waals surface area contributed by atoms with Crippen molar-refractivity contribution in [3.8, 4) is 0 Å². The van der Waals surface area contributed by atoms with E-state index in [9.17, 15) is 4.79 Å². The van der Waals surface area contributed by atoms with Gasteiger partial charge in [0.1, 0.15) is 0 Å². The van der Waals surface area contributed by atoms with Crippen molar-refractivity contribution in [1.82, 2.24) is 0 Å². The number of hydrogen-bond donors (Lipinski definition) is 1. The highest BCUT2D eigenvalue weighted by atomic mass is 32.4. The largest absolute Gasteiger partial charge is 0.276 e. The monoisotopic (exact) mass is 124 g/mol. The zero-order valence-corrected chi connectivity index (χ0v) is 4.82. The number of hydrogen-bond acceptors (Lipinski definition) is 2. The molecular weight excluding hydrogens is 123 g/mol. The standard InChI is InChI=1S/CHOPS2/c2-1(4)3-5/h(H,2,4). The lowest BCUT2D eigenvalue weighted by Crippen LogP contribution is -1.49. The van der Waals surface area contributed by atoms with E-state index in [0.29, 0.717) is 7.36 Å². The lowest BCUT2D eigenvalue weighted by molar-refractivity contribution is 0.277. The summed E-state index contributed by atoms with van der Waals surface area (Å²) in [5.74, 6) is 0. The SMILES string of the molecule is O=C(S)P=S. The average molecular weight is 124 g/mol. The zero-order valence-electron chi connectivity index (χ0n) is 2.21. The van der Waals surface area contributed by atoms with Crippen molar-refractivity contribution >= 4 is 36.6 Å². The van der Waals surface area contributed by atoms with Crippen molar-refractivity contribution in [2.24, 2.45) is 0 Å². The van der Waals surface area contributed by atoms with Crippen molar-refractivity contribution in [3.63, 3.8) is 0 Å². The molecule has 0 bridgehead atoms. The first-order chi connectivity index (χ1) is 2.27. The molecule has 5 heavy (non-hydrogen) atoms. The van der Waals surface area contributed by atoms with Crippen LogP contribution >= 0.6 is 20.0 Å². The second-order valence-corrected chi connectivity index (χ2v) is 2.27. The molecule has 0 amide bonds. The van der Waals surface area contributed by atoms with Crippen molar-refractivity contribution in [2.45, 2.75) is 0 Å². The molecule has 0 saturated heterocycles. The molecule has 0 aromatic heterocycles. The Morgan fingerprint density at radius 3 is 2.20 bits per heavy atom. The highest BCUT2D eigenvalue weighted by Crippen LogP contribution is 1.98. The van der Waals surface area contributed by atoms with Crippen LogP contribution in [0.5, 0.6) is 0 Å². The summed E-state index contributed by atoms with van der Waals surface area (Å²) < 4.78 is 0. The van der Waals surface area contributed by atoms with Crippen LogP contribution in [0, 0.1) is 0 Å². The van der Waals surface area contributed by atoms with E-state index in [1.807, 2.05) is 0 Å². The molecule has 0 heterocycles. The summed E-state index contributed by atoms with van der Waals surface area (Å²) in [5.41, 5.74) is 0. The van der Waals surface area contributed by atoms with Crippen molar-refractivity contribution in [3.05, 3.63) is 0 Å². The zero-order chi connectivity index (χ0) is 4.28. The van der Waals surface area contributed by atoms with Gasteiger partial charge in [-0.3, -0.25) is 4.79 Å². The summed E-state index contributed by atoms with van der Waals surface area (Å²) in [4.78, 5) is 9.30. The van der Waals surface area contributed by atoms with Gasteiger partial charge in [0.25, 0.3) is 0 Å². The van der Waals surface area contributed by atoms with E-state index >= 15 is 0 Å². The van der Waals surface area contributed by atoms with E-state index in [0.717, 1.165) is 0 Å². The van der Waals surface area contributed by atoms with Crippen molar-refractivity contribution in [2.75, 3.05) is 0 Å². The van der Waals surface area contributed by atoms with Gasteiger partial charge in [0, 0.05) is 0 Å². The molecule has 0 saturated carbocycles. The Kier molecular flexibility index (Phi) is 3.06. The van der Waals surface area contributed by atoms with Gasteiger partial charge in [-0.15, -0.1) is 0 Å². The van der Waals surface area contributed by atoms with Crippen LogP contribution in [0.1, 0.15) is 0 Å². The lowest BCUT2D eigenvalue weighted by atomic mass is 11.8. The molecule has 0 aliphatic rings. The predicted molar refractivity (Wildman–Crippen MR) is 28.7 cm³/mol. The first kappa shape index (κ1) is 5.54. The van der Waals surface area contributed by atoms with E-state index in [1.54, 1.807) is 0 Å². The molecular formula is CHOPS2. The maximum atomic E-state index is 9.56. The minimum Gasteiger partial charge on any atom is -0.276 e. The Balaban J connectivity index is 3.20. The summed E-state index contributed by atoms with van der Waals surface area (Å²) >= 11 is 7.56. The molecule has 28 valence electrons. The number of thiol groups is 1. The van der Waals surface area contributed by atoms with Gasteiger partial charge >= 0.3 is 0 Å². The Labute approximate surface area is 42.0 Å². The molecule has 0 spiro atoms. The first-order valence-corrected chi connectivity index (χ1v) is 3.19. The second kappa shape index (κ2) is 2.76. The molecule has 0 fully saturated rings. The maximum absolute atomic E-state index is 9.56. The van der Waals surface area contributed by atoms with Crippen LogP contribution in [0.4, 0.5) is 4.79 Å². The molecule has 0 atom stereocenters. The van der Waals surface area contributed by atoms with E-state index < -0.39 is 0 Å². The van der Waals surface area contributed by atoms with Gasteiger partial charge in [0.05, 0.1) is 7.36 Å². The Hall–Kier alpha value is 0.540. The Morgan fingerprint density at radius 1 is 2.00 bits per heavy atom. The minimum atomic E-state index is -0.264. The smallest absolute Gasteiger partial charge is 0.245 e. The van der Waals surface area contributed by atoms with Gasteiger partial charge in [0.2, 0.25) is 4.86 Å². The van der Waals surface area contributed by atoms with Gasteiger partial charge in [-0.25, -0.2) is 0 Å². The van der Waals surface area contributed by atoms with E-state index in [2.05, 4.69) is 24.4 Å². The summed E-state index contributed by atoms with van der Waals surface area (Å²) in [6, 6.07) is 0. The van der Waals surface area contributed by atoms with Crippen LogP contribution in [0.15, 0.2) is 0 Å². The molecule has 0 rings (SSSR count). The summed E-state index contributed by atoms with van der Waals surface area (Å²) in [7, 11) is 0.306. The Morgan fingerprint density at radius 2 is 2.20 bits per heavy atom. The summed E-state index contributed by atoms with van der Waals surface area (Å²) in [6.07, 6.45) is 0. The third kappa shape index (κ3) is 4.54. The van der Waals surface area contributed by atoms with Gasteiger partial charge < -0.3 is 0 Å². The quantitative estimate of drug-likeness (QED) is 0.421. The van der Waals surface area contributed by atoms with Crippen LogP contribution < -0.4 is 0 Å². The van der Waals surface area contributed by atoms with E-state index in [4.69, 9.17) is 0 Å². The molecule has 0 unspecified atom stereocenters.